The van der Waals surface area contributed by atoms with Crippen LogP contribution >= 0.6 is 23.2 Å². The first-order valence-electron chi connectivity index (χ1n) is 5.04. The van der Waals surface area contributed by atoms with Crippen molar-refractivity contribution in [3.63, 3.8) is 0 Å². The summed E-state index contributed by atoms with van der Waals surface area (Å²) < 4.78 is 4.50. The van der Waals surface area contributed by atoms with Crippen LogP contribution in [0.5, 0.6) is 0 Å². The van der Waals surface area contributed by atoms with E-state index < -0.39 is 35.1 Å². The molecule has 0 radical (unpaired) electrons. The molecule has 0 aliphatic carbocycles. The molecule has 100 valence electrons. The van der Waals surface area contributed by atoms with Gasteiger partial charge in [0.2, 0.25) is 0 Å². The molecule has 1 saturated heterocycles. The van der Waals surface area contributed by atoms with Crippen LogP contribution in [0.25, 0.3) is 0 Å². The summed E-state index contributed by atoms with van der Waals surface area (Å²) in [6.07, 6.45) is -2.16. The molecule has 0 saturated carbocycles. The van der Waals surface area contributed by atoms with Gasteiger partial charge in [-0.05, 0) is 6.07 Å². The lowest BCUT2D eigenvalue weighted by Gasteiger charge is -2.23. The second-order valence-corrected chi connectivity index (χ2v) is 5.32. The summed E-state index contributed by atoms with van der Waals surface area (Å²) in [5.74, 6) is 0.0447. The fraction of sp³-hybridized carbons (Fsp3) is 0.556. The maximum Gasteiger partial charge on any atom is 0.351 e. The number of ether oxygens (including phenoxy) is 1. The zero-order valence-electron chi connectivity index (χ0n) is 9.03. The number of nitrogens with zero attached hydrogens (tertiary/aromatic N) is 2. The summed E-state index contributed by atoms with van der Waals surface area (Å²) in [7, 11) is 0. The molecule has 1 unspecified atom stereocenters. The Kier molecular flexibility index (Phi) is 3.52. The van der Waals surface area contributed by atoms with Gasteiger partial charge in [0.1, 0.15) is 18.0 Å². The quantitative estimate of drug-likeness (QED) is 0.619. The van der Waals surface area contributed by atoms with E-state index in [1.807, 2.05) is 0 Å². The zero-order valence-corrected chi connectivity index (χ0v) is 10.5. The normalized spacial score (nSPS) is 30.6. The van der Waals surface area contributed by atoms with Gasteiger partial charge in [0.25, 0.3) is 0 Å². The fourth-order valence-corrected chi connectivity index (χ4v) is 2.32. The molecule has 7 nitrogen and oxygen atoms in total. The first-order valence-corrected chi connectivity index (χ1v) is 5.80. The van der Waals surface area contributed by atoms with Crippen molar-refractivity contribution in [3.8, 4) is 0 Å². The Morgan fingerprint density at radius 1 is 1.61 bits per heavy atom. The lowest BCUT2D eigenvalue weighted by Crippen LogP contribution is -2.40. The molecule has 0 aromatic carbocycles. The molecule has 18 heavy (non-hydrogen) atoms. The molecule has 1 aliphatic heterocycles. The lowest BCUT2D eigenvalue weighted by atomic mass is 10.2. The smallest absolute Gasteiger partial charge is 0.351 e. The highest BCUT2D eigenvalue weighted by Gasteiger charge is 2.55. The van der Waals surface area contributed by atoms with E-state index in [-0.39, 0.29) is 5.82 Å². The van der Waals surface area contributed by atoms with Gasteiger partial charge in [-0.25, -0.2) is 4.79 Å². The average Bonchev–Trinajstić information content (AvgIpc) is 2.52. The van der Waals surface area contributed by atoms with Crippen LogP contribution in [0, 0.1) is 0 Å². The van der Waals surface area contributed by atoms with Crippen LogP contribution in [-0.2, 0) is 4.74 Å². The van der Waals surface area contributed by atoms with E-state index in [4.69, 9.17) is 38.8 Å². The minimum absolute atomic E-state index is 0.0447. The highest BCUT2D eigenvalue weighted by atomic mass is 35.5. The number of aliphatic hydroxyl groups excluding tert-OH is 2. The zero-order chi connectivity index (χ0) is 13.5. The van der Waals surface area contributed by atoms with Gasteiger partial charge in [-0.3, -0.25) is 4.57 Å². The van der Waals surface area contributed by atoms with E-state index in [2.05, 4.69) is 4.98 Å². The van der Waals surface area contributed by atoms with Crippen LogP contribution in [0.1, 0.15) is 6.23 Å². The highest BCUT2D eigenvalue weighted by Crippen LogP contribution is 2.45. The molecule has 1 aliphatic rings. The highest BCUT2D eigenvalue weighted by molar-refractivity contribution is 6.49. The lowest BCUT2D eigenvalue weighted by molar-refractivity contribution is -0.0461. The second-order valence-electron chi connectivity index (χ2n) is 3.87. The Balaban J connectivity index is 2.42. The van der Waals surface area contributed by atoms with Gasteiger partial charge >= 0.3 is 5.69 Å². The summed E-state index contributed by atoms with van der Waals surface area (Å²) in [4.78, 5) is 15.2. The standard InChI is InChI=1S/C9H11Cl2N3O4/c10-9(11)6(16)4(3-15)18-7(9)14-2-1-5(12)13-8(14)17/h1-2,4,6-7,15-16H,3H2,(H2,12,13,17)/t4-,6-,7?/m1/s1. The number of halogens is 2. The van der Waals surface area contributed by atoms with E-state index in [1.54, 1.807) is 0 Å². The predicted molar refractivity (Wildman–Crippen MR) is 64.3 cm³/mol. The summed E-state index contributed by atoms with van der Waals surface area (Å²) in [6, 6.07) is 1.37. The topological polar surface area (TPSA) is 111 Å². The molecular formula is C9H11Cl2N3O4. The van der Waals surface area contributed by atoms with Crippen LogP contribution in [-0.4, -0.2) is 42.9 Å². The maximum atomic E-state index is 11.6. The Hall–Kier alpha value is -0.860. The molecular weight excluding hydrogens is 285 g/mol. The Morgan fingerprint density at radius 3 is 2.78 bits per heavy atom. The second kappa shape index (κ2) is 4.67. The van der Waals surface area contributed by atoms with Gasteiger partial charge in [-0.15, -0.1) is 0 Å². The van der Waals surface area contributed by atoms with Crippen LogP contribution < -0.4 is 11.4 Å². The van der Waals surface area contributed by atoms with E-state index in [0.29, 0.717) is 0 Å². The van der Waals surface area contributed by atoms with Crippen LogP contribution in [0.15, 0.2) is 17.1 Å². The number of nitrogens with two attached hydrogens (primary N) is 1. The van der Waals surface area contributed by atoms with Crippen molar-refractivity contribution in [3.05, 3.63) is 22.7 Å². The van der Waals surface area contributed by atoms with Crippen LogP contribution in [0.4, 0.5) is 5.82 Å². The van der Waals surface area contributed by atoms with Gasteiger partial charge in [-0.1, -0.05) is 23.2 Å². The first kappa shape index (κ1) is 13.6. The molecule has 3 atom stereocenters. The summed E-state index contributed by atoms with van der Waals surface area (Å²) in [6.45, 7) is -0.476. The number of aromatic nitrogens is 2. The number of anilines is 1. The fourth-order valence-electron chi connectivity index (χ4n) is 1.72. The summed E-state index contributed by atoms with van der Waals surface area (Å²) >= 11 is 11.9. The van der Waals surface area contributed by atoms with Gasteiger partial charge in [0.05, 0.1) is 6.61 Å². The van der Waals surface area contributed by atoms with Crippen molar-refractivity contribution in [2.75, 3.05) is 12.3 Å². The number of rotatable bonds is 2. The molecule has 2 heterocycles. The molecule has 4 N–H and O–H groups in total. The van der Waals surface area contributed by atoms with Crippen molar-refractivity contribution >= 4 is 29.0 Å². The molecule has 1 aromatic heterocycles. The van der Waals surface area contributed by atoms with Crippen molar-refractivity contribution in [2.45, 2.75) is 22.8 Å². The van der Waals surface area contributed by atoms with Crippen LogP contribution in [0.2, 0.25) is 0 Å². The number of nitrogen functional groups attached to an aromatic ring is 1. The van der Waals surface area contributed by atoms with Crippen LogP contribution in [0.3, 0.4) is 0 Å². The Bertz CT molecular complexity index is 507. The van der Waals surface area contributed by atoms with Gasteiger partial charge in [-0.2, -0.15) is 4.98 Å². The number of alkyl halides is 2. The monoisotopic (exact) mass is 295 g/mol. The van der Waals surface area contributed by atoms with Gasteiger partial charge in [0.15, 0.2) is 10.6 Å². The minimum Gasteiger partial charge on any atom is -0.394 e. The molecule has 0 spiro atoms. The third-order valence-corrected chi connectivity index (χ3v) is 3.48. The minimum atomic E-state index is -1.77. The number of hydrogen-bond acceptors (Lipinski definition) is 6. The number of hydrogen-bond donors (Lipinski definition) is 3. The maximum absolute atomic E-state index is 11.6. The molecule has 2 rings (SSSR count). The first-order chi connectivity index (χ1) is 8.37. The molecule has 1 fully saturated rings. The molecule has 9 heteroatoms. The van der Waals surface area contributed by atoms with Gasteiger partial charge < -0.3 is 20.7 Å². The van der Waals surface area contributed by atoms with Crippen molar-refractivity contribution in [1.29, 1.82) is 0 Å². The third kappa shape index (κ3) is 2.08. The van der Waals surface area contributed by atoms with E-state index >= 15 is 0 Å². The average molecular weight is 296 g/mol. The van der Waals surface area contributed by atoms with Gasteiger partial charge in [0, 0.05) is 6.20 Å². The Morgan fingerprint density at radius 2 is 2.28 bits per heavy atom. The Labute approximate surface area is 112 Å². The predicted octanol–water partition coefficient (Wildman–Crippen LogP) is -0.750. The summed E-state index contributed by atoms with van der Waals surface area (Å²) in [5, 5.41) is 18.8. The number of aliphatic hydroxyl groups is 2. The summed E-state index contributed by atoms with van der Waals surface area (Å²) in [5.41, 5.74) is 4.64. The third-order valence-electron chi connectivity index (χ3n) is 2.66. The molecule has 0 amide bonds. The van der Waals surface area contributed by atoms with Crippen molar-refractivity contribution in [1.82, 2.24) is 9.55 Å². The van der Waals surface area contributed by atoms with E-state index in [9.17, 15) is 9.90 Å². The van der Waals surface area contributed by atoms with E-state index in [0.717, 1.165) is 4.57 Å². The molecule has 1 aromatic rings. The van der Waals surface area contributed by atoms with Crippen molar-refractivity contribution in [2.24, 2.45) is 0 Å². The SMILES string of the molecule is Nc1ccn(C2O[C@H](CO)[C@@H](O)C2(Cl)Cl)c(=O)n1. The largest absolute Gasteiger partial charge is 0.394 e. The van der Waals surface area contributed by atoms with E-state index in [1.165, 1.54) is 12.3 Å². The molecule has 0 bridgehead atoms. The van der Waals surface area contributed by atoms with Crippen molar-refractivity contribution < 1.29 is 14.9 Å².